The summed E-state index contributed by atoms with van der Waals surface area (Å²) in [5.41, 5.74) is -0.477. The highest BCUT2D eigenvalue weighted by atomic mass is 35.5. The highest BCUT2D eigenvalue weighted by Crippen LogP contribution is 2.27. The van der Waals surface area contributed by atoms with Gasteiger partial charge >= 0.3 is 0 Å². The number of nitrogens with one attached hydrogen (secondary N) is 1. The lowest BCUT2D eigenvalue weighted by atomic mass is 9.93. The van der Waals surface area contributed by atoms with Crippen LogP contribution in [0.15, 0.2) is 12.1 Å². The average Bonchev–Trinajstić information content (AvgIpc) is 2.72. The van der Waals surface area contributed by atoms with Crippen LogP contribution in [0.4, 0.5) is 0 Å². The fourth-order valence-electron chi connectivity index (χ4n) is 1.22. The summed E-state index contributed by atoms with van der Waals surface area (Å²) >= 11 is 7.40. The van der Waals surface area contributed by atoms with Gasteiger partial charge in [0.2, 0.25) is 0 Å². The van der Waals surface area contributed by atoms with Gasteiger partial charge in [-0.1, -0.05) is 18.5 Å². The molecule has 0 aromatic carbocycles. The molecule has 1 aromatic rings. The molecule has 1 rings (SSSR count). The van der Waals surface area contributed by atoms with Gasteiger partial charge < -0.3 is 15.5 Å². The summed E-state index contributed by atoms with van der Waals surface area (Å²) in [6.07, 6.45) is 0. The van der Waals surface area contributed by atoms with Crippen molar-refractivity contribution in [3.8, 4) is 0 Å². The normalized spacial score (nSPS) is 14.1. The number of hydrogen-bond donors (Lipinski definition) is 3. The van der Waals surface area contributed by atoms with Crippen molar-refractivity contribution in [3.05, 3.63) is 21.3 Å². The standard InChI is InChI=1S/C11H18ClNO2S/c1-8(9-3-4-10(12)16-9)13-5-11(2,6-14)7-15/h3-4,8,13-15H,5-7H2,1-2H3. The van der Waals surface area contributed by atoms with Crippen molar-refractivity contribution in [2.24, 2.45) is 5.41 Å². The van der Waals surface area contributed by atoms with E-state index in [1.165, 1.54) is 11.3 Å². The molecule has 16 heavy (non-hydrogen) atoms. The molecule has 0 amide bonds. The molecule has 0 fully saturated rings. The van der Waals surface area contributed by atoms with Crippen LogP contribution in [0.25, 0.3) is 0 Å². The van der Waals surface area contributed by atoms with Crippen molar-refractivity contribution in [1.29, 1.82) is 0 Å². The van der Waals surface area contributed by atoms with Crippen molar-refractivity contribution < 1.29 is 10.2 Å². The van der Waals surface area contributed by atoms with Crippen LogP contribution in [-0.2, 0) is 0 Å². The summed E-state index contributed by atoms with van der Waals surface area (Å²) in [6.45, 7) is 4.38. The maximum atomic E-state index is 9.15. The Morgan fingerprint density at radius 1 is 1.44 bits per heavy atom. The second-order valence-electron chi connectivity index (χ2n) is 4.37. The second kappa shape index (κ2) is 5.98. The van der Waals surface area contributed by atoms with Crippen LogP contribution < -0.4 is 5.32 Å². The van der Waals surface area contributed by atoms with Gasteiger partial charge in [-0.25, -0.2) is 0 Å². The number of hydrogen-bond acceptors (Lipinski definition) is 4. The monoisotopic (exact) mass is 263 g/mol. The lowest BCUT2D eigenvalue weighted by Gasteiger charge is -2.26. The van der Waals surface area contributed by atoms with Gasteiger partial charge in [0.05, 0.1) is 17.6 Å². The molecule has 92 valence electrons. The van der Waals surface area contributed by atoms with Gasteiger partial charge in [-0.05, 0) is 19.1 Å². The fraction of sp³-hybridized carbons (Fsp3) is 0.636. The largest absolute Gasteiger partial charge is 0.396 e. The van der Waals surface area contributed by atoms with Gasteiger partial charge in [0, 0.05) is 22.9 Å². The van der Waals surface area contributed by atoms with Gasteiger partial charge in [0.15, 0.2) is 0 Å². The summed E-state index contributed by atoms with van der Waals surface area (Å²) in [6, 6.07) is 4.03. The molecule has 1 aromatic heterocycles. The third kappa shape index (κ3) is 3.71. The summed E-state index contributed by atoms with van der Waals surface area (Å²) in [5, 5.41) is 21.6. The highest BCUT2D eigenvalue weighted by Gasteiger charge is 2.23. The van der Waals surface area contributed by atoms with Gasteiger partial charge in [-0.15, -0.1) is 11.3 Å². The molecule has 0 saturated heterocycles. The van der Waals surface area contributed by atoms with Crippen LogP contribution >= 0.6 is 22.9 Å². The van der Waals surface area contributed by atoms with E-state index < -0.39 is 5.41 Å². The molecule has 0 spiro atoms. The smallest absolute Gasteiger partial charge is 0.0931 e. The van der Waals surface area contributed by atoms with E-state index in [9.17, 15) is 0 Å². The van der Waals surface area contributed by atoms with E-state index in [-0.39, 0.29) is 19.3 Å². The first-order valence-electron chi connectivity index (χ1n) is 5.21. The summed E-state index contributed by atoms with van der Waals surface area (Å²) in [4.78, 5) is 1.16. The molecule has 0 saturated carbocycles. The zero-order valence-corrected chi connectivity index (χ0v) is 11.1. The predicted octanol–water partition coefficient (Wildman–Crippen LogP) is 2.04. The van der Waals surface area contributed by atoms with E-state index in [0.29, 0.717) is 6.54 Å². The minimum atomic E-state index is -0.477. The maximum Gasteiger partial charge on any atom is 0.0931 e. The predicted molar refractivity (Wildman–Crippen MR) is 68.0 cm³/mol. The Hall–Kier alpha value is -0.130. The van der Waals surface area contributed by atoms with Crippen LogP contribution in [-0.4, -0.2) is 30.0 Å². The number of aliphatic hydroxyl groups excluding tert-OH is 2. The van der Waals surface area contributed by atoms with Crippen molar-refractivity contribution in [2.45, 2.75) is 19.9 Å². The Morgan fingerprint density at radius 3 is 2.50 bits per heavy atom. The molecule has 0 aliphatic heterocycles. The average molecular weight is 264 g/mol. The lowest BCUT2D eigenvalue weighted by molar-refractivity contribution is 0.0678. The molecule has 0 aliphatic carbocycles. The fourth-order valence-corrected chi connectivity index (χ4v) is 2.31. The zero-order valence-electron chi connectivity index (χ0n) is 9.53. The molecule has 3 N–H and O–H groups in total. The van der Waals surface area contributed by atoms with Crippen molar-refractivity contribution >= 4 is 22.9 Å². The van der Waals surface area contributed by atoms with Gasteiger partial charge in [0.25, 0.3) is 0 Å². The Morgan fingerprint density at radius 2 is 2.06 bits per heavy atom. The molecule has 1 heterocycles. The van der Waals surface area contributed by atoms with E-state index in [1.54, 1.807) is 0 Å². The van der Waals surface area contributed by atoms with Gasteiger partial charge in [-0.3, -0.25) is 0 Å². The highest BCUT2D eigenvalue weighted by molar-refractivity contribution is 7.16. The molecular formula is C11H18ClNO2S. The molecule has 1 atom stereocenters. The van der Waals surface area contributed by atoms with E-state index >= 15 is 0 Å². The molecule has 0 radical (unpaired) electrons. The topological polar surface area (TPSA) is 52.5 Å². The number of halogens is 1. The van der Waals surface area contributed by atoms with Crippen molar-refractivity contribution in [2.75, 3.05) is 19.8 Å². The van der Waals surface area contributed by atoms with Crippen LogP contribution in [0, 0.1) is 5.41 Å². The van der Waals surface area contributed by atoms with Gasteiger partial charge in [-0.2, -0.15) is 0 Å². The Labute approximate surface area is 105 Å². The molecule has 1 unspecified atom stereocenters. The van der Waals surface area contributed by atoms with Crippen molar-refractivity contribution in [3.63, 3.8) is 0 Å². The number of aliphatic hydroxyl groups is 2. The third-order valence-corrected chi connectivity index (χ3v) is 4.03. The Balaban J connectivity index is 2.49. The van der Waals surface area contributed by atoms with E-state index in [1.807, 2.05) is 26.0 Å². The molecule has 0 aliphatic rings. The number of rotatable bonds is 6. The number of thiophene rings is 1. The van der Waals surface area contributed by atoms with Gasteiger partial charge in [0.1, 0.15) is 0 Å². The second-order valence-corrected chi connectivity index (χ2v) is 6.12. The van der Waals surface area contributed by atoms with Crippen LogP contribution in [0.3, 0.4) is 0 Å². The van der Waals surface area contributed by atoms with E-state index in [0.717, 1.165) is 9.21 Å². The SMILES string of the molecule is CC(NCC(C)(CO)CO)c1ccc(Cl)s1. The van der Waals surface area contributed by atoms with E-state index in [4.69, 9.17) is 21.8 Å². The van der Waals surface area contributed by atoms with E-state index in [2.05, 4.69) is 5.32 Å². The maximum absolute atomic E-state index is 9.15. The molecule has 3 nitrogen and oxygen atoms in total. The van der Waals surface area contributed by atoms with Crippen LogP contribution in [0.1, 0.15) is 24.8 Å². The van der Waals surface area contributed by atoms with Crippen molar-refractivity contribution in [1.82, 2.24) is 5.32 Å². The summed E-state index contributed by atoms with van der Waals surface area (Å²) in [5.74, 6) is 0. The Bertz CT molecular complexity index is 326. The molecule has 5 heteroatoms. The minimum absolute atomic E-state index is 0.0333. The lowest BCUT2D eigenvalue weighted by Crippen LogP contribution is -2.38. The first-order valence-corrected chi connectivity index (χ1v) is 6.40. The van der Waals surface area contributed by atoms with Crippen LogP contribution in [0.5, 0.6) is 0 Å². The first-order chi connectivity index (χ1) is 7.50. The summed E-state index contributed by atoms with van der Waals surface area (Å²) in [7, 11) is 0. The summed E-state index contributed by atoms with van der Waals surface area (Å²) < 4.78 is 0.774. The zero-order chi connectivity index (χ0) is 12.2. The quantitative estimate of drug-likeness (QED) is 0.736. The molecular weight excluding hydrogens is 246 g/mol. The first kappa shape index (κ1) is 13.9. The Kier molecular flexibility index (Phi) is 5.21. The van der Waals surface area contributed by atoms with Crippen LogP contribution in [0.2, 0.25) is 4.34 Å². The minimum Gasteiger partial charge on any atom is -0.396 e. The third-order valence-electron chi connectivity index (χ3n) is 2.62. The molecule has 0 bridgehead atoms.